The molecule has 48 heavy (non-hydrogen) atoms. The molecule has 0 aromatic carbocycles. The van der Waals surface area contributed by atoms with E-state index in [1.54, 1.807) is 0 Å². The first-order valence-electron chi connectivity index (χ1n) is 19.1. The third-order valence-electron chi connectivity index (χ3n) is 9.32. The van der Waals surface area contributed by atoms with E-state index in [0.29, 0.717) is 19.3 Å². The highest BCUT2D eigenvalue weighted by Gasteiger charge is 2.44. The molecule has 1 saturated heterocycles. The molecule has 1 aliphatic rings. The third kappa shape index (κ3) is 19.3. The summed E-state index contributed by atoms with van der Waals surface area (Å²) in [6.07, 6.45) is 14.3. The van der Waals surface area contributed by atoms with E-state index in [1.807, 2.05) is 0 Å². The van der Waals surface area contributed by atoms with Crippen LogP contribution in [0.25, 0.3) is 0 Å². The molecule has 11 nitrogen and oxygen atoms in total. The Bertz CT molecular complexity index is 800. The number of nitrogens with one attached hydrogen (secondary N) is 1. The number of ether oxygens (including phenoxy) is 2. The second kappa shape index (κ2) is 28.5. The van der Waals surface area contributed by atoms with Crippen molar-refractivity contribution in [2.75, 3.05) is 13.2 Å². The lowest BCUT2D eigenvalue weighted by Gasteiger charge is -2.40. The summed E-state index contributed by atoms with van der Waals surface area (Å²) in [5, 5.41) is 75.0. The van der Waals surface area contributed by atoms with Gasteiger partial charge in [-0.3, -0.25) is 4.79 Å². The molecule has 0 spiro atoms. The Hall–Kier alpha value is -1.15. The number of hydrogen-bond acceptors (Lipinski definition) is 10. The molecule has 1 fully saturated rings. The van der Waals surface area contributed by atoms with Crippen LogP contribution in [0.5, 0.6) is 0 Å². The maximum atomic E-state index is 12.9. The largest absolute Gasteiger partial charge is 0.394 e. The van der Waals surface area contributed by atoms with Crippen LogP contribution in [0, 0.1) is 0 Å². The molecule has 11 heteroatoms. The van der Waals surface area contributed by atoms with Crippen LogP contribution >= 0.6 is 0 Å². The van der Waals surface area contributed by atoms with E-state index >= 15 is 0 Å². The zero-order valence-electron chi connectivity index (χ0n) is 30.0. The summed E-state index contributed by atoms with van der Waals surface area (Å²) in [6.45, 7) is 3.32. The van der Waals surface area contributed by atoms with E-state index in [2.05, 4.69) is 31.3 Å². The normalized spacial score (nSPS) is 24.1. The second-order valence-corrected chi connectivity index (χ2v) is 13.6. The van der Waals surface area contributed by atoms with Crippen LogP contribution in [0.15, 0.2) is 12.2 Å². The SMILES string of the molecule is CCCC/C=C\CCCCCC(O)C(=O)NC(COC1OC(CO)C(O)C(O)C1O)C(O)C(O)CCCCCCCCCCCCCC. The van der Waals surface area contributed by atoms with Gasteiger partial charge in [-0.2, -0.15) is 0 Å². The van der Waals surface area contributed by atoms with Gasteiger partial charge in [-0.25, -0.2) is 0 Å². The van der Waals surface area contributed by atoms with Gasteiger partial charge in [-0.15, -0.1) is 0 Å². The first-order chi connectivity index (χ1) is 23.2. The zero-order chi connectivity index (χ0) is 35.6. The number of rotatable bonds is 30. The maximum Gasteiger partial charge on any atom is 0.249 e. The molecule has 1 heterocycles. The van der Waals surface area contributed by atoms with Crippen molar-refractivity contribution in [3.63, 3.8) is 0 Å². The van der Waals surface area contributed by atoms with E-state index < -0.39 is 74.2 Å². The van der Waals surface area contributed by atoms with Gasteiger partial charge < -0.3 is 50.5 Å². The van der Waals surface area contributed by atoms with Crippen LogP contribution in [-0.4, -0.2) is 110 Å². The summed E-state index contributed by atoms with van der Waals surface area (Å²) < 4.78 is 11.0. The van der Waals surface area contributed by atoms with Gasteiger partial charge in [0.2, 0.25) is 5.91 Å². The number of aliphatic hydroxyl groups excluding tert-OH is 7. The summed E-state index contributed by atoms with van der Waals surface area (Å²) in [4.78, 5) is 12.9. The Morgan fingerprint density at radius 2 is 1.23 bits per heavy atom. The molecule has 0 aromatic rings. The topological polar surface area (TPSA) is 189 Å². The standard InChI is InChI=1S/C37H71NO10/c1-3-5-7-9-11-13-14-15-17-18-20-22-24-29(40)32(42)28(27-47-37-35(45)34(44)33(43)31(26-39)48-37)38-36(46)30(41)25-23-21-19-16-12-10-8-6-4-2/h10,12,28-35,37,39-45H,3-9,11,13-27H2,1-2H3,(H,38,46)/b12-10-. The van der Waals surface area contributed by atoms with Gasteiger partial charge in [-0.05, 0) is 32.1 Å². The van der Waals surface area contributed by atoms with Crippen molar-refractivity contribution < 1.29 is 50.0 Å². The van der Waals surface area contributed by atoms with Gasteiger partial charge in [0.15, 0.2) is 6.29 Å². The first-order valence-corrected chi connectivity index (χ1v) is 19.1. The fourth-order valence-electron chi connectivity index (χ4n) is 6.01. The van der Waals surface area contributed by atoms with Gasteiger partial charge in [0.05, 0.1) is 25.4 Å². The van der Waals surface area contributed by atoms with E-state index in [4.69, 9.17) is 9.47 Å². The predicted octanol–water partition coefficient (Wildman–Crippen LogP) is 4.16. The third-order valence-corrected chi connectivity index (χ3v) is 9.32. The highest BCUT2D eigenvalue weighted by Crippen LogP contribution is 2.23. The monoisotopic (exact) mass is 690 g/mol. The van der Waals surface area contributed by atoms with Gasteiger partial charge in [0.25, 0.3) is 0 Å². The van der Waals surface area contributed by atoms with Crippen molar-refractivity contribution in [1.29, 1.82) is 0 Å². The lowest BCUT2D eigenvalue weighted by atomic mass is 9.98. The molecule has 1 amide bonds. The average molecular weight is 690 g/mol. The van der Waals surface area contributed by atoms with Crippen molar-refractivity contribution in [2.45, 2.75) is 204 Å². The van der Waals surface area contributed by atoms with Crippen LogP contribution in [0.4, 0.5) is 0 Å². The van der Waals surface area contributed by atoms with Gasteiger partial charge in [0, 0.05) is 0 Å². The molecule has 0 bridgehead atoms. The molecule has 0 saturated carbocycles. The van der Waals surface area contributed by atoms with Crippen LogP contribution < -0.4 is 5.32 Å². The molecule has 0 aromatic heterocycles. The minimum atomic E-state index is -1.66. The maximum absolute atomic E-state index is 12.9. The molecule has 1 aliphatic heterocycles. The minimum absolute atomic E-state index is 0.239. The summed E-state index contributed by atoms with van der Waals surface area (Å²) in [7, 11) is 0. The highest BCUT2D eigenvalue weighted by molar-refractivity contribution is 5.80. The van der Waals surface area contributed by atoms with Crippen molar-refractivity contribution in [3.05, 3.63) is 12.2 Å². The molecular formula is C37H71NO10. The van der Waals surface area contributed by atoms with E-state index in [-0.39, 0.29) is 6.42 Å². The van der Waals surface area contributed by atoms with Crippen LogP contribution in [-0.2, 0) is 14.3 Å². The molecule has 9 atom stereocenters. The quantitative estimate of drug-likeness (QED) is 0.0402. The number of hydrogen-bond donors (Lipinski definition) is 8. The number of allylic oxidation sites excluding steroid dienone is 2. The van der Waals surface area contributed by atoms with Crippen LogP contribution in [0.3, 0.4) is 0 Å². The van der Waals surface area contributed by atoms with E-state index in [0.717, 1.165) is 44.9 Å². The smallest absolute Gasteiger partial charge is 0.249 e. The van der Waals surface area contributed by atoms with Crippen molar-refractivity contribution >= 4 is 5.91 Å². The predicted molar refractivity (Wildman–Crippen MR) is 187 cm³/mol. The molecule has 284 valence electrons. The number of carbonyl (C=O) groups is 1. The second-order valence-electron chi connectivity index (χ2n) is 13.6. The molecule has 1 rings (SSSR count). The van der Waals surface area contributed by atoms with Crippen molar-refractivity contribution in [1.82, 2.24) is 5.32 Å². The fourth-order valence-corrected chi connectivity index (χ4v) is 6.01. The molecule has 0 radical (unpaired) electrons. The number of aliphatic hydroxyl groups is 7. The first kappa shape index (κ1) is 44.9. The Labute approximate surface area is 290 Å². The van der Waals surface area contributed by atoms with Gasteiger partial charge in [0.1, 0.15) is 36.6 Å². The Balaban J connectivity index is 2.59. The summed E-state index contributed by atoms with van der Waals surface area (Å²) in [6, 6.07) is -1.17. The van der Waals surface area contributed by atoms with Crippen LogP contribution in [0.2, 0.25) is 0 Å². The summed E-state index contributed by atoms with van der Waals surface area (Å²) in [5.74, 6) is -0.714. The zero-order valence-corrected chi connectivity index (χ0v) is 30.0. The number of unbranched alkanes of at least 4 members (excludes halogenated alkanes) is 16. The Kier molecular flexibility index (Phi) is 26.7. The highest BCUT2D eigenvalue weighted by atomic mass is 16.7. The van der Waals surface area contributed by atoms with Gasteiger partial charge in [-0.1, -0.05) is 129 Å². The fraction of sp³-hybridized carbons (Fsp3) is 0.919. The minimum Gasteiger partial charge on any atom is -0.394 e. The van der Waals surface area contributed by atoms with Crippen LogP contribution in [0.1, 0.15) is 149 Å². The lowest BCUT2D eigenvalue weighted by Crippen LogP contribution is -2.60. The van der Waals surface area contributed by atoms with Crippen molar-refractivity contribution in [2.24, 2.45) is 0 Å². The van der Waals surface area contributed by atoms with Crippen molar-refractivity contribution in [3.8, 4) is 0 Å². The summed E-state index contributed by atoms with van der Waals surface area (Å²) in [5.41, 5.74) is 0. The molecular weight excluding hydrogens is 618 g/mol. The van der Waals surface area contributed by atoms with E-state index in [1.165, 1.54) is 64.2 Å². The number of amides is 1. The Morgan fingerprint density at radius 1 is 0.708 bits per heavy atom. The summed E-state index contributed by atoms with van der Waals surface area (Å²) >= 11 is 0. The van der Waals surface area contributed by atoms with Gasteiger partial charge >= 0.3 is 0 Å². The average Bonchev–Trinajstić information content (AvgIpc) is 3.08. The molecule has 9 unspecified atom stereocenters. The number of carbonyl (C=O) groups excluding carboxylic acids is 1. The molecule has 8 N–H and O–H groups in total. The lowest BCUT2D eigenvalue weighted by molar-refractivity contribution is -0.303. The molecule has 0 aliphatic carbocycles. The Morgan fingerprint density at radius 3 is 1.81 bits per heavy atom. The van der Waals surface area contributed by atoms with E-state index in [9.17, 15) is 40.5 Å².